The van der Waals surface area contributed by atoms with Gasteiger partial charge in [-0.3, -0.25) is 4.79 Å². The molecule has 16 heavy (non-hydrogen) atoms. The van der Waals surface area contributed by atoms with Crippen LogP contribution in [0, 0.1) is 18.3 Å². The summed E-state index contributed by atoms with van der Waals surface area (Å²) in [6, 6.07) is 0. The summed E-state index contributed by atoms with van der Waals surface area (Å²) in [6.45, 7) is 1.37. The zero-order valence-electron chi connectivity index (χ0n) is 9.04. The Morgan fingerprint density at radius 2 is 2.44 bits per heavy atom. The van der Waals surface area contributed by atoms with E-state index in [2.05, 4.69) is 16.2 Å². The number of terminal acetylenes is 1. The van der Waals surface area contributed by atoms with Gasteiger partial charge in [-0.15, -0.1) is 11.5 Å². The lowest BCUT2D eigenvalue weighted by molar-refractivity contribution is -0.131. The molecule has 1 aromatic heterocycles. The van der Waals surface area contributed by atoms with Crippen molar-refractivity contribution in [3.63, 3.8) is 0 Å². The van der Waals surface area contributed by atoms with Crippen LogP contribution in [0.2, 0.25) is 0 Å². The van der Waals surface area contributed by atoms with Crippen LogP contribution < -0.4 is 0 Å². The minimum atomic E-state index is 0.00958. The highest BCUT2D eigenvalue weighted by atomic mass is 16.2. The topological polar surface area (TPSA) is 51.0 Å². The number of hydrogen-bond acceptors (Lipinski definition) is 3. The lowest BCUT2D eigenvalue weighted by Crippen LogP contribution is -2.36. The molecule has 1 aliphatic rings. The SMILES string of the molecule is C#CCN(CC1CC1)C(=O)Cn1ccnn1. The Bertz CT molecular complexity index is 389. The number of rotatable bonds is 5. The van der Waals surface area contributed by atoms with E-state index in [1.807, 2.05) is 0 Å². The average molecular weight is 218 g/mol. The highest BCUT2D eigenvalue weighted by Crippen LogP contribution is 2.29. The molecule has 0 bridgehead atoms. The van der Waals surface area contributed by atoms with E-state index in [-0.39, 0.29) is 12.5 Å². The number of carbonyl (C=O) groups is 1. The second-order valence-corrected chi connectivity index (χ2v) is 4.02. The van der Waals surface area contributed by atoms with E-state index in [1.165, 1.54) is 17.5 Å². The first-order valence-corrected chi connectivity index (χ1v) is 5.35. The molecule has 1 aliphatic carbocycles. The summed E-state index contributed by atoms with van der Waals surface area (Å²) >= 11 is 0. The van der Waals surface area contributed by atoms with Crippen molar-refractivity contribution in [1.29, 1.82) is 0 Å². The molecule has 0 radical (unpaired) electrons. The molecule has 0 atom stereocenters. The van der Waals surface area contributed by atoms with Crippen molar-refractivity contribution in [3.8, 4) is 12.3 Å². The smallest absolute Gasteiger partial charge is 0.245 e. The van der Waals surface area contributed by atoms with Crippen molar-refractivity contribution >= 4 is 5.91 Å². The van der Waals surface area contributed by atoms with Crippen LogP contribution in [0.5, 0.6) is 0 Å². The fourth-order valence-electron chi connectivity index (χ4n) is 1.53. The molecule has 2 rings (SSSR count). The maximum absolute atomic E-state index is 11.9. The predicted octanol–water partition coefficient (Wildman–Crippen LogP) is 0.150. The lowest BCUT2D eigenvalue weighted by Gasteiger charge is -2.19. The van der Waals surface area contributed by atoms with E-state index in [4.69, 9.17) is 6.42 Å². The third-order valence-corrected chi connectivity index (χ3v) is 2.58. The van der Waals surface area contributed by atoms with Crippen LogP contribution in [-0.2, 0) is 11.3 Å². The summed E-state index contributed by atoms with van der Waals surface area (Å²) in [5.41, 5.74) is 0. The molecule has 1 fully saturated rings. The van der Waals surface area contributed by atoms with E-state index in [9.17, 15) is 4.79 Å². The molecule has 0 N–H and O–H groups in total. The molecule has 5 nitrogen and oxygen atoms in total. The second kappa shape index (κ2) is 4.79. The molecule has 0 aromatic carbocycles. The Balaban J connectivity index is 1.90. The van der Waals surface area contributed by atoms with Crippen molar-refractivity contribution in [2.24, 2.45) is 5.92 Å². The van der Waals surface area contributed by atoms with E-state index >= 15 is 0 Å². The Morgan fingerprint density at radius 3 is 3.00 bits per heavy atom. The fourth-order valence-corrected chi connectivity index (χ4v) is 1.53. The van der Waals surface area contributed by atoms with Crippen LogP contribution in [0.4, 0.5) is 0 Å². The maximum atomic E-state index is 11.9. The third kappa shape index (κ3) is 2.83. The van der Waals surface area contributed by atoms with Gasteiger partial charge in [-0.1, -0.05) is 11.1 Å². The summed E-state index contributed by atoms with van der Waals surface area (Å²) < 4.78 is 1.51. The quantitative estimate of drug-likeness (QED) is 0.661. The van der Waals surface area contributed by atoms with Gasteiger partial charge in [0, 0.05) is 12.7 Å². The lowest BCUT2D eigenvalue weighted by atomic mass is 10.3. The van der Waals surface area contributed by atoms with Gasteiger partial charge in [-0.2, -0.15) is 0 Å². The molecule has 0 aliphatic heterocycles. The van der Waals surface area contributed by atoms with Gasteiger partial charge >= 0.3 is 0 Å². The summed E-state index contributed by atoms with van der Waals surface area (Å²) in [6.07, 6.45) is 10.9. The normalized spacial score (nSPS) is 14.4. The fraction of sp³-hybridized carbons (Fsp3) is 0.545. The first kappa shape index (κ1) is 10.7. The molecule has 0 unspecified atom stereocenters. The van der Waals surface area contributed by atoms with Crippen LogP contribution in [0.15, 0.2) is 12.4 Å². The summed E-state index contributed by atoms with van der Waals surface area (Å²) in [5.74, 6) is 3.18. The van der Waals surface area contributed by atoms with Crippen LogP contribution in [-0.4, -0.2) is 38.9 Å². The van der Waals surface area contributed by atoms with Crippen LogP contribution in [0.1, 0.15) is 12.8 Å². The first-order valence-electron chi connectivity index (χ1n) is 5.35. The van der Waals surface area contributed by atoms with Gasteiger partial charge in [0.1, 0.15) is 6.54 Å². The molecule has 1 saturated carbocycles. The average Bonchev–Trinajstić information content (AvgIpc) is 2.94. The maximum Gasteiger partial charge on any atom is 0.245 e. The summed E-state index contributed by atoms with van der Waals surface area (Å²) in [7, 11) is 0. The number of nitrogens with zero attached hydrogens (tertiary/aromatic N) is 4. The van der Waals surface area contributed by atoms with Gasteiger partial charge in [0.25, 0.3) is 0 Å². The van der Waals surface area contributed by atoms with E-state index in [0.717, 1.165) is 6.54 Å². The number of amides is 1. The monoisotopic (exact) mass is 218 g/mol. The minimum absolute atomic E-state index is 0.00958. The van der Waals surface area contributed by atoms with Crippen LogP contribution in [0.3, 0.4) is 0 Å². The molecular weight excluding hydrogens is 204 g/mol. The van der Waals surface area contributed by atoms with Crippen LogP contribution in [0.25, 0.3) is 0 Å². The van der Waals surface area contributed by atoms with Crippen molar-refractivity contribution in [2.75, 3.05) is 13.1 Å². The van der Waals surface area contributed by atoms with Crippen LogP contribution >= 0.6 is 0 Å². The predicted molar refractivity (Wildman–Crippen MR) is 58.2 cm³/mol. The first-order chi connectivity index (χ1) is 7.79. The van der Waals surface area contributed by atoms with Gasteiger partial charge in [0.15, 0.2) is 0 Å². The van der Waals surface area contributed by atoms with Gasteiger partial charge in [-0.25, -0.2) is 4.68 Å². The van der Waals surface area contributed by atoms with Gasteiger partial charge < -0.3 is 4.90 Å². The largest absolute Gasteiger partial charge is 0.330 e. The molecule has 1 heterocycles. The van der Waals surface area contributed by atoms with Crippen molar-refractivity contribution in [2.45, 2.75) is 19.4 Å². The number of aromatic nitrogens is 3. The van der Waals surface area contributed by atoms with Gasteiger partial charge in [0.05, 0.1) is 12.7 Å². The Morgan fingerprint density at radius 1 is 1.62 bits per heavy atom. The molecule has 5 heteroatoms. The number of hydrogen-bond donors (Lipinski definition) is 0. The molecule has 0 spiro atoms. The third-order valence-electron chi connectivity index (χ3n) is 2.58. The summed E-state index contributed by atoms with van der Waals surface area (Å²) in [5, 5.41) is 7.42. The molecule has 0 saturated heterocycles. The Hall–Kier alpha value is -1.83. The molecule has 1 aromatic rings. The second-order valence-electron chi connectivity index (χ2n) is 4.02. The van der Waals surface area contributed by atoms with E-state index < -0.39 is 0 Å². The van der Waals surface area contributed by atoms with Crippen molar-refractivity contribution in [1.82, 2.24) is 19.9 Å². The summed E-state index contributed by atoms with van der Waals surface area (Å²) in [4.78, 5) is 13.6. The zero-order chi connectivity index (χ0) is 11.4. The minimum Gasteiger partial charge on any atom is -0.330 e. The van der Waals surface area contributed by atoms with E-state index in [1.54, 1.807) is 17.3 Å². The van der Waals surface area contributed by atoms with Gasteiger partial charge in [-0.05, 0) is 18.8 Å². The Kier molecular flexibility index (Phi) is 3.20. The van der Waals surface area contributed by atoms with Crippen molar-refractivity contribution < 1.29 is 4.79 Å². The molecule has 84 valence electrons. The zero-order valence-corrected chi connectivity index (χ0v) is 9.04. The number of carbonyl (C=O) groups excluding carboxylic acids is 1. The van der Waals surface area contributed by atoms with Crippen molar-refractivity contribution in [3.05, 3.63) is 12.4 Å². The standard InChI is InChI=1S/C11H14N4O/c1-2-6-14(8-10-3-4-10)11(16)9-15-7-5-12-13-15/h1,5,7,10H,3-4,6,8-9H2. The van der Waals surface area contributed by atoms with E-state index in [0.29, 0.717) is 12.5 Å². The highest BCUT2D eigenvalue weighted by molar-refractivity contribution is 5.76. The Labute approximate surface area is 94.4 Å². The molecular formula is C11H14N4O. The highest BCUT2D eigenvalue weighted by Gasteiger charge is 2.26. The molecule has 1 amide bonds. The van der Waals surface area contributed by atoms with Gasteiger partial charge in [0.2, 0.25) is 5.91 Å².